The highest BCUT2D eigenvalue weighted by molar-refractivity contribution is 6.36. The number of para-hydroxylation sites is 4. The highest BCUT2D eigenvalue weighted by atomic mass is 16.3. The summed E-state index contributed by atoms with van der Waals surface area (Å²) in [5.41, 5.74) is 10.1. The van der Waals surface area contributed by atoms with Gasteiger partial charge >= 0.3 is 0 Å². The number of hydrogen-bond acceptors (Lipinski definition) is 3. The first-order valence-electron chi connectivity index (χ1n) is 20.4. The van der Waals surface area contributed by atoms with Crippen molar-refractivity contribution in [3.8, 4) is 11.8 Å². The SMILES string of the molecule is c1ccc2c(c1)ccc1c2c2ccccc2n1-c1nc(-n2c3ccc4ccccc4c3c3cc4c5ccccc5n5c6ccccc6c(c32)c45)nc2c1oc1ccccc12. The largest absolute Gasteiger partial charge is 0.450 e. The summed E-state index contributed by atoms with van der Waals surface area (Å²) in [5.74, 6) is 1.30. The van der Waals surface area contributed by atoms with Crippen molar-refractivity contribution in [2.24, 2.45) is 0 Å². The second-order valence-corrected chi connectivity index (χ2v) is 16.1. The van der Waals surface area contributed by atoms with E-state index in [1.807, 2.05) is 12.1 Å². The summed E-state index contributed by atoms with van der Waals surface area (Å²) in [6.45, 7) is 0. The Hall–Kier alpha value is -8.22. The maximum absolute atomic E-state index is 6.83. The van der Waals surface area contributed by atoms with Crippen molar-refractivity contribution < 1.29 is 4.42 Å². The molecule has 0 amide bonds. The van der Waals surface area contributed by atoms with Crippen molar-refractivity contribution in [3.63, 3.8) is 0 Å². The molecular weight excluding hydrogens is 735 g/mol. The first kappa shape index (κ1) is 30.9. The van der Waals surface area contributed by atoms with E-state index in [4.69, 9.17) is 14.4 Å². The van der Waals surface area contributed by atoms with Gasteiger partial charge in [-0.25, -0.2) is 4.98 Å². The molecule has 0 N–H and O–H groups in total. The van der Waals surface area contributed by atoms with Gasteiger partial charge in [-0.1, -0.05) is 127 Å². The number of benzene rings is 9. The zero-order valence-corrected chi connectivity index (χ0v) is 31.9. The zero-order chi connectivity index (χ0) is 38.8. The van der Waals surface area contributed by atoms with Gasteiger partial charge in [-0.2, -0.15) is 4.98 Å². The minimum Gasteiger partial charge on any atom is -0.450 e. The van der Waals surface area contributed by atoms with E-state index in [1.54, 1.807) is 0 Å². The van der Waals surface area contributed by atoms with Gasteiger partial charge in [-0.15, -0.1) is 0 Å². The van der Waals surface area contributed by atoms with Crippen LogP contribution >= 0.6 is 0 Å². The van der Waals surface area contributed by atoms with Crippen LogP contribution in [0.4, 0.5) is 0 Å². The lowest BCUT2D eigenvalue weighted by atomic mass is 10.0. The summed E-state index contributed by atoms with van der Waals surface area (Å²) in [6, 6.07) is 63.2. The summed E-state index contributed by atoms with van der Waals surface area (Å²) in [5, 5.41) is 15.3. The van der Waals surface area contributed by atoms with Crippen molar-refractivity contribution >= 4 is 125 Å². The van der Waals surface area contributed by atoms with E-state index >= 15 is 0 Å². The maximum Gasteiger partial charge on any atom is 0.237 e. The molecule has 0 fully saturated rings. The third-order valence-corrected chi connectivity index (χ3v) is 13.2. The van der Waals surface area contributed by atoms with E-state index in [2.05, 4.69) is 177 Å². The van der Waals surface area contributed by atoms with E-state index in [0.29, 0.717) is 17.3 Å². The van der Waals surface area contributed by atoms with Crippen molar-refractivity contribution in [1.29, 1.82) is 0 Å². The molecule has 0 aliphatic carbocycles. The molecule has 6 heteroatoms. The van der Waals surface area contributed by atoms with Crippen molar-refractivity contribution in [3.05, 3.63) is 176 Å². The molecule has 0 spiro atoms. The van der Waals surface area contributed by atoms with Crippen molar-refractivity contribution in [1.82, 2.24) is 23.5 Å². The average molecular weight is 764 g/mol. The van der Waals surface area contributed by atoms with E-state index in [9.17, 15) is 0 Å². The molecule has 0 saturated carbocycles. The average Bonchev–Trinajstić information content (AvgIpc) is 4.10. The first-order chi connectivity index (χ1) is 29.8. The van der Waals surface area contributed by atoms with Gasteiger partial charge in [-0.3, -0.25) is 9.13 Å². The van der Waals surface area contributed by atoms with E-state index < -0.39 is 0 Å². The molecule has 0 atom stereocenters. The number of aromatic nitrogens is 5. The summed E-state index contributed by atoms with van der Waals surface area (Å²) < 4.78 is 13.9. The van der Waals surface area contributed by atoms with Crippen LogP contribution in [0.2, 0.25) is 0 Å². The van der Waals surface area contributed by atoms with Crippen LogP contribution in [0.15, 0.2) is 180 Å². The van der Waals surface area contributed by atoms with Gasteiger partial charge in [0.25, 0.3) is 0 Å². The van der Waals surface area contributed by atoms with Crippen LogP contribution in [-0.2, 0) is 0 Å². The Balaban J connectivity index is 1.19. The lowest BCUT2D eigenvalue weighted by Crippen LogP contribution is -2.07. The van der Waals surface area contributed by atoms with Gasteiger partial charge in [0.1, 0.15) is 11.1 Å². The predicted molar refractivity (Wildman–Crippen MR) is 248 cm³/mol. The Morgan fingerprint density at radius 3 is 1.65 bits per heavy atom. The molecule has 9 aromatic carbocycles. The summed E-state index contributed by atoms with van der Waals surface area (Å²) in [4.78, 5) is 11.3. The topological polar surface area (TPSA) is 53.2 Å². The Labute approximate surface area is 339 Å². The van der Waals surface area contributed by atoms with Gasteiger partial charge in [0.15, 0.2) is 11.4 Å². The van der Waals surface area contributed by atoms with Crippen LogP contribution in [0.25, 0.3) is 137 Å². The molecule has 6 heterocycles. The minimum atomic E-state index is 0.591. The fourth-order valence-corrected chi connectivity index (χ4v) is 10.8. The van der Waals surface area contributed by atoms with Gasteiger partial charge in [0.2, 0.25) is 5.95 Å². The summed E-state index contributed by atoms with van der Waals surface area (Å²) in [6.07, 6.45) is 0. The third-order valence-electron chi connectivity index (χ3n) is 13.2. The Morgan fingerprint density at radius 2 is 0.917 bits per heavy atom. The first-order valence-corrected chi connectivity index (χ1v) is 20.4. The smallest absolute Gasteiger partial charge is 0.237 e. The molecule has 15 rings (SSSR count). The monoisotopic (exact) mass is 763 g/mol. The van der Waals surface area contributed by atoms with Crippen LogP contribution in [0.1, 0.15) is 0 Å². The van der Waals surface area contributed by atoms with Gasteiger partial charge in [-0.05, 0) is 70.1 Å². The number of fused-ring (bicyclic) bond motifs is 20. The fourth-order valence-electron chi connectivity index (χ4n) is 10.8. The fraction of sp³-hybridized carbons (Fsp3) is 0. The molecule has 15 aromatic rings. The van der Waals surface area contributed by atoms with E-state index in [-0.39, 0.29) is 0 Å². The lowest BCUT2D eigenvalue weighted by molar-refractivity contribution is 0.661. The predicted octanol–water partition coefficient (Wildman–Crippen LogP) is 14.0. The van der Waals surface area contributed by atoms with Gasteiger partial charge in [0, 0.05) is 48.5 Å². The van der Waals surface area contributed by atoms with E-state index in [1.165, 1.54) is 75.8 Å². The minimum absolute atomic E-state index is 0.591. The zero-order valence-electron chi connectivity index (χ0n) is 31.9. The molecule has 0 aliphatic rings. The third kappa shape index (κ3) is 3.66. The van der Waals surface area contributed by atoms with Gasteiger partial charge in [0.05, 0.1) is 38.6 Å². The molecule has 0 aliphatic heterocycles. The Bertz CT molecular complexity index is 4370. The highest BCUT2D eigenvalue weighted by Gasteiger charge is 2.28. The molecule has 0 unspecified atom stereocenters. The van der Waals surface area contributed by atoms with Crippen LogP contribution in [-0.4, -0.2) is 23.5 Å². The summed E-state index contributed by atoms with van der Waals surface area (Å²) >= 11 is 0. The molecule has 276 valence electrons. The molecule has 0 radical (unpaired) electrons. The lowest BCUT2D eigenvalue weighted by Gasteiger charge is -2.12. The number of nitrogens with zero attached hydrogens (tertiary/aromatic N) is 5. The van der Waals surface area contributed by atoms with Crippen molar-refractivity contribution in [2.45, 2.75) is 0 Å². The molecule has 60 heavy (non-hydrogen) atoms. The van der Waals surface area contributed by atoms with Crippen LogP contribution < -0.4 is 0 Å². The van der Waals surface area contributed by atoms with Crippen LogP contribution in [0.3, 0.4) is 0 Å². The number of rotatable bonds is 2. The van der Waals surface area contributed by atoms with Gasteiger partial charge < -0.3 is 8.82 Å². The number of hydrogen-bond donors (Lipinski definition) is 0. The second-order valence-electron chi connectivity index (χ2n) is 16.1. The molecule has 6 aromatic heterocycles. The quantitative estimate of drug-likeness (QED) is 0.176. The highest BCUT2D eigenvalue weighted by Crippen LogP contribution is 2.48. The molecule has 0 bridgehead atoms. The molecule has 6 nitrogen and oxygen atoms in total. The Kier molecular flexibility index (Phi) is 5.57. The summed E-state index contributed by atoms with van der Waals surface area (Å²) in [7, 11) is 0. The standard InChI is InChI=1S/C54H29N5O/c1-3-15-32-30(13-1)25-27-43-46(32)35-18-6-11-23-42(35)58(43)53-52-49(37-20-8-12-24-45(37)60-52)55-54(56-53)59-44-28-26-31-14-2-4-16-33(31)47(44)39-29-38-34-17-5-9-21-40(34)57-41-22-10-7-19-36(41)48(50(38)57)51(39)59/h1-29H. The Morgan fingerprint density at radius 1 is 0.367 bits per heavy atom. The van der Waals surface area contributed by atoms with Crippen LogP contribution in [0.5, 0.6) is 0 Å². The number of furan rings is 1. The van der Waals surface area contributed by atoms with E-state index in [0.717, 1.165) is 43.9 Å². The molecule has 0 saturated heterocycles. The van der Waals surface area contributed by atoms with Crippen LogP contribution in [0, 0.1) is 0 Å². The normalized spacial score (nSPS) is 12.7. The van der Waals surface area contributed by atoms with Crippen molar-refractivity contribution in [2.75, 3.05) is 0 Å². The second kappa shape index (κ2) is 10.8. The maximum atomic E-state index is 6.83. The molecular formula is C54H29N5O.